The Morgan fingerprint density at radius 3 is 2.48 bits per heavy atom. The van der Waals surface area contributed by atoms with Crippen LogP contribution in [-0.4, -0.2) is 57.0 Å². The number of hydrogen-bond acceptors (Lipinski definition) is 6. The third-order valence-electron chi connectivity index (χ3n) is 3.88. The highest BCUT2D eigenvalue weighted by Crippen LogP contribution is 2.19. The molecule has 0 bridgehead atoms. The lowest BCUT2D eigenvalue weighted by atomic mass is 10.3. The molecule has 148 valence electrons. The van der Waals surface area contributed by atoms with Gasteiger partial charge in [-0.1, -0.05) is 13.0 Å². The van der Waals surface area contributed by atoms with Gasteiger partial charge in [-0.3, -0.25) is 4.79 Å². The number of anilines is 1. The van der Waals surface area contributed by atoms with Crippen LogP contribution in [0, 0.1) is 0 Å². The smallest absolute Gasteiger partial charge is 0.331 e. The molecule has 1 aliphatic rings. The number of morpholine rings is 1. The van der Waals surface area contributed by atoms with E-state index in [0.717, 1.165) is 0 Å². The molecule has 0 radical (unpaired) electrons. The lowest BCUT2D eigenvalue weighted by molar-refractivity contribution is -0.148. The molecule has 0 spiro atoms. The predicted octanol–water partition coefficient (Wildman–Crippen LogP) is 1.54. The highest BCUT2D eigenvalue weighted by Gasteiger charge is 2.26. The Bertz CT molecular complexity index is 783. The van der Waals surface area contributed by atoms with E-state index in [2.05, 4.69) is 5.32 Å². The fourth-order valence-electron chi connectivity index (χ4n) is 2.37. The largest absolute Gasteiger partial charge is 0.449 e. The summed E-state index contributed by atoms with van der Waals surface area (Å²) >= 11 is 0. The van der Waals surface area contributed by atoms with E-state index in [4.69, 9.17) is 9.47 Å². The predicted molar refractivity (Wildman–Crippen MR) is 99.6 cm³/mol. The first-order valence-corrected chi connectivity index (χ1v) is 10.1. The maximum absolute atomic E-state index is 12.6. The standard InChI is InChI=1S/C18H24N2O6S/c1-3-4-5-17(21)26-14(2)18(22)19-15-6-8-16(9-7-15)27(23,24)20-10-12-25-13-11-20/h4-9,14H,3,10-13H2,1-2H3,(H,19,22)/b5-4+/t14-/m1/s1. The molecule has 1 aromatic rings. The molecule has 1 heterocycles. The number of amides is 1. The average Bonchev–Trinajstić information content (AvgIpc) is 2.67. The molecule has 8 nitrogen and oxygen atoms in total. The first kappa shape index (κ1) is 21.1. The van der Waals surface area contributed by atoms with Crippen LogP contribution in [-0.2, 0) is 29.1 Å². The molecule has 1 N–H and O–H groups in total. The van der Waals surface area contributed by atoms with E-state index < -0.39 is 28.0 Å². The molecule has 1 aliphatic heterocycles. The summed E-state index contributed by atoms with van der Waals surface area (Å²) in [4.78, 5) is 23.7. The normalized spacial score (nSPS) is 16.8. The Labute approximate surface area is 159 Å². The lowest BCUT2D eigenvalue weighted by Gasteiger charge is -2.26. The number of carbonyl (C=O) groups excluding carboxylic acids is 2. The number of nitrogens with one attached hydrogen (secondary N) is 1. The van der Waals surface area contributed by atoms with E-state index in [1.807, 2.05) is 6.92 Å². The molecule has 27 heavy (non-hydrogen) atoms. The van der Waals surface area contributed by atoms with Crippen LogP contribution in [0.4, 0.5) is 5.69 Å². The second-order valence-electron chi connectivity index (χ2n) is 5.92. The van der Waals surface area contributed by atoms with Gasteiger partial charge in [0.2, 0.25) is 10.0 Å². The van der Waals surface area contributed by atoms with Crippen molar-refractivity contribution in [2.45, 2.75) is 31.3 Å². The van der Waals surface area contributed by atoms with Crippen LogP contribution in [0.25, 0.3) is 0 Å². The van der Waals surface area contributed by atoms with E-state index in [9.17, 15) is 18.0 Å². The number of allylic oxidation sites excluding steroid dienone is 1. The van der Waals surface area contributed by atoms with Gasteiger partial charge < -0.3 is 14.8 Å². The van der Waals surface area contributed by atoms with Gasteiger partial charge in [-0.05, 0) is 37.6 Å². The average molecular weight is 396 g/mol. The van der Waals surface area contributed by atoms with Crippen LogP contribution in [0.15, 0.2) is 41.3 Å². The second-order valence-corrected chi connectivity index (χ2v) is 7.86. The second kappa shape index (κ2) is 9.63. The fraction of sp³-hybridized carbons (Fsp3) is 0.444. The summed E-state index contributed by atoms with van der Waals surface area (Å²) in [5, 5.41) is 2.59. The zero-order valence-corrected chi connectivity index (χ0v) is 16.2. The number of nitrogens with zero attached hydrogens (tertiary/aromatic N) is 1. The molecule has 1 aromatic carbocycles. The maximum atomic E-state index is 12.6. The van der Waals surface area contributed by atoms with Crippen molar-refractivity contribution >= 4 is 27.6 Å². The van der Waals surface area contributed by atoms with Gasteiger partial charge in [0.25, 0.3) is 5.91 Å². The molecule has 0 unspecified atom stereocenters. The third kappa shape index (κ3) is 5.88. The third-order valence-corrected chi connectivity index (χ3v) is 5.79. The number of benzene rings is 1. The quantitative estimate of drug-likeness (QED) is 0.554. The molecular weight excluding hydrogens is 372 g/mol. The molecule has 1 atom stereocenters. The Morgan fingerprint density at radius 2 is 1.89 bits per heavy atom. The van der Waals surface area contributed by atoms with E-state index >= 15 is 0 Å². The zero-order valence-electron chi connectivity index (χ0n) is 15.4. The van der Waals surface area contributed by atoms with Crippen LogP contribution in [0.3, 0.4) is 0 Å². The molecule has 2 rings (SSSR count). The minimum absolute atomic E-state index is 0.145. The molecule has 0 saturated carbocycles. The van der Waals surface area contributed by atoms with Crippen LogP contribution in [0.5, 0.6) is 0 Å². The summed E-state index contributed by atoms with van der Waals surface area (Å²) in [6.45, 7) is 4.72. The van der Waals surface area contributed by atoms with Crippen molar-refractivity contribution in [1.29, 1.82) is 0 Å². The van der Waals surface area contributed by atoms with E-state index in [1.54, 1.807) is 6.08 Å². The van der Waals surface area contributed by atoms with Crippen LogP contribution >= 0.6 is 0 Å². The van der Waals surface area contributed by atoms with Crippen molar-refractivity contribution in [2.24, 2.45) is 0 Å². The van der Waals surface area contributed by atoms with Gasteiger partial charge in [-0.2, -0.15) is 4.31 Å². The molecule has 1 saturated heterocycles. The summed E-state index contributed by atoms with van der Waals surface area (Å²) < 4.78 is 36.6. The van der Waals surface area contributed by atoms with Gasteiger partial charge >= 0.3 is 5.97 Å². The highest BCUT2D eigenvalue weighted by molar-refractivity contribution is 7.89. The number of esters is 1. The van der Waals surface area contributed by atoms with Crippen molar-refractivity contribution < 1.29 is 27.5 Å². The number of hydrogen-bond donors (Lipinski definition) is 1. The molecule has 1 fully saturated rings. The molecule has 0 aromatic heterocycles. The first-order chi connectivity index (χ1) is 12.8. The van der Waals surface area contributed by atoms with E-state index in [-0.39, 0.29) is 4.90 Å². The SMILES string of the molecule is CC/C=C/C(=O)O[C@H](C)C(=O)Nc1ccc(S(=O)(=O)N2CCOCC2)cc1. The Kier molecular flexibility index (Phi) is 7.52. The molecule has 9 heteroatoms. The van der Waals surface area contributed by atoms with Gasteiger partial charge in [0, 0.05) is 24.9 Å². The van der Waals surface area contributed by atoms with Crippen molar-refractivity contribution in [1.82, 2.24) is 4.31 Å². The Balaban J connectivity index is 1.97. The topological polar surface area (TPSA) is 102 Å². The van der Waals surface area contributed by atoms with E-state index in [0.29, 0.717) is 38.4 Å². The van der Waals surface area contributed by atoms with Crippen LogP contribution in [0.2, 0.25) is 0 Å². The molecular formula is C18H24N2O6S. The molecule has 1 amide bonds. The lowest BCUT2D eigenvalue weighted by Crippen LogP contribution is -2.40. The minimum Gasteiger partial charge on any atom is -0.449 e. The summed E-state index contributed by atoms with van der Waals surface area (Å²) in [5.41, 5.74) is 0.410. The minimum atomic E-state index is -3.58. The van der Waals surface area contributed by atoms with Crippen molar-refractivity contribution in [3.8, 4) is 0 Å². The number of sulfonamides is 1. The van der Waals surface area contributed by atoms with Crippen molar-refractivity contribution in [3.63, 3.8) is 0 Å². The Morgan fingerprint density at radius 1 is 1.26 bits per heavy atom. The van der Waals surface area contributed by atoms with Gasteiger partial charge in [0.15, 0.2) is 6.10 Å². The number of rotatable bonds is 7. The van der Waals surface area contributed by atoms with Gasteiger partial charge in [0.05, 0.1) is 18.1 Å². The van der Waals surface area contributed by atoms with Gasteiger partial charge in [0.1, 0.15) is 0 Å². The molecule has 0 aliphatic carbocycles. The number of carbonyl (C=O) groups is 2. The van der Waals surface area contributed by atoms with E-state index in [1.165, 1.54) is 41.6 Å². The summed E-state index contributed by atoms with van der Waals surface area (Å²) in [5.74, 6) is -1.09. The van der Waals surface area contributed by atoms with Crippen LogP contribution < -0.4 is 5.32 Å². The van der Waals surface area contributed by atoms with Gasteiger partial charge in [-0.15, -0.1) is 0 Å². The van der Waals surface area contributed by atoms with Gasteiger partial charge in [-0.25, -0.2) is 13.2 Å². The zero-order chi connectivity index (χ0) is 19.9. The van der Waals surface area contributed by atoms with Crippen molar-refractivity contribution in [2.75, 3.05) is 31.6 Å². The van der Waals surface area contributed by atoms with Crippen molar-refractivity contribution in [3.05, 3.63) is 36.4 Å². The first-order valence-electron chi connectivity index (χ1n) is 8.70. The summed E-state index contributed by atoms with van der Waals surface area (Å²) in [6, 6.07) is 5.86. The Hall–Kier alpha value is -2.23. The monoisotopic (exact) mass is 396 g/mol. The van der Waals surface area contributed by atoms with Crippen LogP contribution in [0.1, 0.15) is 20.3 Å². The highest BCUT2D eigenvalue weighted by atomic mass is 32.2. The maximum Gasteiger partial charge on any atom is 0.331 e. The fourth-order valence-corrected chi connectivity index (χ4v) is 3.78. The summed E-state index contributed by atoms with van der Waals surface area (Å²) in [6.07, 6.45) is 2.63. The number of ether oxygens (including phenoxy) is 2. The summed E-state index contributed by atoms with van der Waals surface area (Å²) in [7, 11) is -3.58.